The molecule has 0 saturated heterocycles. The van der Waals surface area contributed by atoms with Crippen molar-refractivity contribution in [3.05, 3.63) is 65.4 Å². The number of hydrogen-bond acceptors (Lipinski definition) is 2. The van der Waals surface area contributed by atoms with E-state index in [4.69, 9.17) is 4.74 Å². The lowest BCUT2D eigenvalue weighted by Gasteiger charge is -2.12. The third-order valence-corrected chi connectivity index (χ3v) is 4.69. The minimum Gasteiger partial charge on any atom is -0.497 e. The molecule has 1 aliphatic carbocycles. The van der Waals surface area contributed by atoms with Crippen LogP contribution in [0.3, 0.4) is 0 Å². The number of aromatic amines is 1. The SMILES string of the molecule is COc1ccc(CC(=O)NC2Cc3[nH]c4ccccc4c3C2)cc1. The summed E-state index contributed by atoms with van der Waals surface area (Å²) in [5.41, 5.74) is 4.78. The molecule has 0 radical (unpaired) electrons. The molecule has 1 atom stereocenters. The third-order valence-electron chi connectivity index (χ3n) is 4.69. The molecule has 2 aromatic carbocycles. The number of benzene rings is 2. The van der Waals surface area contributed by atoms with Crippen LogP contribution >= 0.6 is 0 Å². The van der Waals surface area contributed by atoms with E-state index in [0.717, 1.165) is 24.2 Å². The number of amides is 1. The number of aromatic nitrogens is 1. The number of H-pyrrole nitrogens is 1. The normalized spacial score (nSPS) is 16.1. The van der Waals surface area contributed by atoms with Gasteiger partial charge in [-0.2, -0.15) is 0 Å². The molecule has 1 unspecified atom stereocenters. The standard InChI is InChI=1S/C20H20N2O2/c1-24-15-8-6-13(7-9-15)10-20(23)21-14-11-17-16-4-2-3-5-18(16)22-19(17)12-14/h2-9,14,22H,10-12H2,1H3,(H,21,23). The van der Waals surface area contributed by atoms with Gasteiger partial charge >= 0.3 is 0 Å². The molecule has 1 aromatic heterocycles. The Balaban J connectivity index is 1.40. The Morgan fingerprint density at radius 1 is 1.17 bits per heavy atom. The Bertz CT molecular complexity index is 880. The minimum atomic E-state index is 0.0691. The summed E-state index contributed by atoms with van der Waals surface area (Å²) < 4.78 is 5.14. The van der Waals surface area contributed by atoms with Crippen LogP contribution in [0.2, 0.25) is 0 Å². The first-order chi connectivity index (χ1) is 11.7. The van der Waals surface area contributed by atoms with Crippen molar-refractivity contribution in [2.75, 3.05) is 7.11 Å². The first-order valence-electron chi connectivity index (χ1n) is 8.23. The molecule has 0 spiro atoms. The van der Waals surface area contributed by atoms with Crippen molar-refractivity contribution >= 4 is 16.8 Å². The summed E-state index contributed by atoms with van der Waals surface area (Å²) in [5.74, 6) is 0.875. The lowest BCUT2D eigenvalue weighted by Crippen LogP contribution is -2.36. The van der Waals surface area contributed by atoms with Crippen molar-refractivity contribution in [1.82, 2.24) is 10.3 Å². The third kappa shape index (κ3) is 2.75. The van der Waals surface area contributed by atoms with Crippen LogP contribution in [0.4, 0.5) is 0 Å². The monoisotopic (exact) mass is 320 g/mol. The van der Waals surface area contributed by atoms with Gasteiger partial charge in [0.05, 0.1) is 13.5 Å². The number of fused-ring (bicyclic) bond motifs is 3. The molecule has 1 aliphatic rings. The van der Waals surface area contributed by atoms with Crippen LogP contribution in [0.25, 0.3) is 10.9 Å². The second kappa shape index (κ2) is 6.04. The van der Waals surface area contributed by atoms with Gasteiger partial charge < -0.3 is 15.0 Å². The lowest BCUT2D eigenvalue weighted by molar-refractivity contribution is -0.121. The highest BCUT2D eigenvalue weighted by Gasteiger charge is 2.26. The summed E-state index contributed by atoms with van der Waals surface area (Å²) in [5, 5.41) is 4.44. The van der Waals surface area contributed by atoms with Gasteiger partial charge in [0.15, 0.2) is 0 Å². The van der Waals surface area contributed by atoms with Gasteiger partial charge in [0.25, 0.3) is 0 Å². The summed E-state index contributed by atoms with van der Waals surface area (Å²) >= 11 is 0. The van der Waals surface area contributed by atoms with Crippen molar-refractivity contribution in [3.63, 3.8) is 0 Å². The highest BCUT2D eigenvalue weighted by Crippen LogP contribution is 2.29. The molecule has 4 nitrogen and oxygen atoms in total. The molecule has 0 aliphatic heterocycles. The van der Waals surface area contributed by atoms with Gasteiger partial charge in [-0.1, -0.05) is 30.3 Å². The Morgan fingerprint density at radius 2 is 1.96 bits per heavy atom. The Hall–Kier alpha value is -2.75. The maximum atomic E-state index is 12.3. The fourth-order valence-electron chi connectivity index (χ4n) is 3.54. The van der Waals surface area contributed by atoms with Crippen molar-refractivity contribution in [2.24, 2.45) is 0 Å². The topological polar surface area (TPSA) is 54.1 Å². The number of carbonyl (C=O) groups excluding carboxylic acids is 1. The van der Waals surface area contributed by atoms with E-state index in [1.54, 1.807) is 7.11 Å². The maximum absolute atomic E-state index is 12.3. The average molecular weight is 320 g/mol. The summed E-state index contributed by atoms with van der Waals surface area (Å²) in [6.45, 7) is 0. The van der Waals surface area contributed by atoms with E-state index >= 15 is 0 Å². The van der Waals surface area contributed by atoms with E-state index in [2.05, 4.69) is 28.5 Å². The molecule has 0 fully saturated rings. The first-order valence-corrected chi connectivity index (χ1v) is 8.23. The smallest absolute Gasteiger partial charge is 0.224 e. The molecule has 4 rings (SSSR count). The van der Waals surface area contributed by atoms with Crippen LogP contribution in [-0.2, 0) is 24.1 Å². The fraction of sp³-hybridized carbons (Fsp3) is 0.250. The van der Waals surface area contributed by atoms with Gasteiger partial charge in [-0.25, -0.2) is 0 Å². The van der Waals surface area contributed by atoms with E-state index in [0.29, 0.717) is 6.42 Å². The number of nitrogens with one attached hydrogen (secondary N) is 2. The number of methoxy groups -OCH3 is 1. The molecule has 4 heteroatoms. The highest BCUT2D eigenvalue weighted by atomic mass is 16.5. The number of hydrogen-bond donors (Lipinski definition) is 2. The quantitative estimate of drug-likeness (QED) is 0.776. The molecule has 24 heavy (non-hydrogen) atoms. The number of rotatable bonds is 4. The first kappa shape index (κ1) is 14.8. The Labute approximate surface area is 140 Å². The van der Waals surface area contributed by atoms with Crippen molar-refractivity contribution < 1.29 is 9.53 Å². The zero-order valence-corrected chi connectivity index (χ0v) is 13.6. The van der Waals surface area contributed by atoms with E-state index in [1.165, 1.54) is 22.2 Å². The van der Waals surface area contributed by atoms with Crippen LogP contribution in [0, 0.1) is 0 Å². The molecule has 0 saturated carbocycles. The second-order valence-corrected chi connectivity index (χ2v) is 6.33. The van der Waals surface area contributed by atoms with E-state index in [-0.39, 0.29) is 11.9 Å². The van der Waals surface area contributed by atoms with Crippen LogP contribution in [-0.4, -0.2) is 24.0 Å². The van der Waals surface area contributed by atoms with Crippen LogP contribution in [0.1, 0.15) is 16.8 Å². The van der Waals surface area contributed by atoms with E-state index < -0.39 is 0 Å². The van der Waals surface area contributed by atoms with Gasteiger partial charge in [-0.15, -0.1) is 0 Å². The summed E-state index contributed by atoms with van der Waals surface area (Å²) in [6, 6.07) is 16.2. The van der Waals surface area contributed by atoms with Gasteiger partial charge in [0, 0.05) is 29.1 Å². The Morgan fingerprint density at radius 3 is 2.75 bits per heavy atom. The highest BCUT2D eigenvalue weighted by molar-refractivity contribution is 5.86. The summed E-state index contributed by atoms with van der Waals surface area (Å²) in [4.78, 5) is 15.8. The molecule has 1 amide bonds. The van der Waals surface area contributed by atoms with Crippen molar-refractivity contribution in [2.45, 2.75) is 25.3 Å². The predicted octanol–water partition coefficient (Wildman–Crippen LogP) is 3.00. The number of para-hydroxylation sites is 1. The zero-order valence-electron chi connectivity index (χ0n) is 13.6. The number of carbonyl (C=O) groups is 1. The predicted molar refractivity (Wildman–Crippen MR) is 94.3 cm³/mol. The zero-order chi connectivity index (χ0) is 16.5. The van der Waals surface area contributed by atoms with E-state index in [9.17, 15) is 4.79 Å². The molecular weight excluding hydrogens is 300 g/mol. The van der Waals surface area contributed by atoms with Crippen molar-refractivity contribution in [1.29, 1.82) is 0 Å². The van der Waals surface area contributed by atoms with Gasteiger partial charge in [-0.3, -0.25) is 4.79 Å². The molecule has 0 bridgehead atoms. The second-order valence-electron chi connectivity index (χ2n) is 6.33. The Kier molecular flexibility index (Phi) is 3.73. The van der Waals surface area contributed by atoms with Gasteiger partial charge in [0.1, 0.15) is 5.75 Å². The lowest BCUT2D eigenvalue weighted by atomic mass is 10.1. The molecule has 2 N–H and O–H groups in total. The van der Waals surface area contributed by atoms with Gasteiger partial charge in [-0.05, 0) is 35.7 Å². The molecule has 1 heterocycles. The van der Waals surface area contributed by atoms with Gasteiger partial charge in [0.2, 0.25) is 5.91 Å². The van der Waals surface area contributed by atoms with Crippen LogP contribution in [0.15, 0.2) is 48.5 Å². The fourth-order valence-corrected chi connectivity index (χ4v) is 3.54. The maximum Gasteiger partial charge on any atom is 0.224 e. The van der Waals surface area contributed by atoms with E-state index in [1.807, 2.05) is 30.3 Å². The largest absolute Gasteiger partial charge is 0.497 e. The number of ether oxygens (including phenoxy) is 1. The molecule has 122 valence electrons. The van der Waals surface area contributed by atoms with Crippen LogP contribution in [0.5, 0.6) is 5.75 Å². The van der Waals surface area contributed by atoms with Crippen LogP contribution < -0.4 is 10.1 Å². The molecule has 3 aromatic rings. The van der Waals surface area contributed by atoms with Crippen molar-refractivity contribution in [3.8, 4) is 5.75 Å². The molecular formula is C20H20N2O2. The summed E-state index contributed by atoms with van der Waals surface area (Å²) in [6.07, 6.45) is 2.17. The summed E-state index contributed by atoms with van der Waals surface area (Å²) in [7, 11) is 1.64. The minimum absolute atomic E-state index is 0.0691. The average Bonchev–Trinajstić information content (AvgIpc) is 3.12.